The number of rotatable bonds is 4. The average molecular weight is 346 g/mol. The first-order valence-corrected chi connectivity index (χ1v) is 8.50. The van der Waals surface area contributed by atoms with Crippen LogP contribution < -0.4 is 10.6 Å². The van der Waals surface area contributed by atoms with Crippen LogP contribution in [0.5, 0.6) is 0 Å². The summed E-state index contributed by atoms with van der Waals surface area (Å²) in [5.41, 5.74) is 1.74. The van der Waals surface area contributed by atoms with Gasteiger partial charge in [0.15, 0.2) is 0 Å². The lowest BCUT2D eigenvalue weighted by molar-refractivity contribution is -0.129. The molecule has 1 aromatic carbocycles. The Morgan fingerprint density at radius 1 is 1.46 bits per heavy atom. The minimum Gasteiger partial charge on any atom is -0.350 e. The van der Waals surface area contributed by atoms with Crippen molar-refractivity contribution in [2.45, 2.75) is 31.2 Å². The Morgan fingerprint density at radius 3 is 3.00 bits per heavy atom. The Morgan fingerprint density at radius 2 is 2.29 bits per heavy atom. The Bertz CT molecular complexity index is 746. The van der Waals surface area contributed by atoms with Crippen LogP contribution in [0.2, 0.25) is 0 Å². The zero-order chi connectivity index (χ0) is 17.2. The lowest BCUT2D eigenvalue weighted by Crippen LogP contribution is -2.57. The number of amides is 2. The highest BCUT2D eigenvalue weighted by Crippen LogP contribution is 2.29. The van der Waals surface area contributed by atoms with Gasteiger partial charge in [-0.15, -0.1) is 22.0 Å². The zero-order valence-electron chi connectivity index (χ0n) is 13.4. The van der Waals surface area contributed by atoms with Crippen LogP contribution in [0.4, 0.5) is 0 Å². The van der Waals surface area contributed by atoms with Crippen LogP contribution in [0.15, 0.2) is 24.3 Å². The fraction of sp³-hybridized carbons (Fsp3) is 0.400. The number of benzene rings is 1. The molecule has 1 aromatic heterocycles. The van der Waals surface area contributed by atoms with E-state index in [1.54, 1.807) is 0 Å². The summed E-state index contributed by atoms with van der Waals surface area (Å²) in [6, 6.07) is 7.03. The van der Waals surface area contributed by atoms with E-state index in [1.807, 2.05) is 38.1 Å². The highest BCUT2D eigenvalue weighted by Gasteiger charge is 2.37. The summed E-state index contributed by atoms with van der Waals surface area (Å²) >= 11 is 1.49. The SMILES string of the molecule is CC1(C)SC[C@H](C(=O)NCc2cccc(-c3nn[nH]n3)c2)NC1=O. The van der Waals surface area contributed by atoms with Gasteiger partial charge in [0.05, 0.1) is 4.75 Å². The van der Waals surface area contributed by atoms with E-state index < -0.39 is 10.8 Å². The molecule has 24 heavy (non-hydrogen) atoms. The van der Waals surface area contributed by atoms with E-state index in [4.69, 9.17) is 0 Å². The van der Waals surface area contributed by atoms with E-state index in [1.165, 1.54) is 11.8 Å². The van der Waals surface area contributed by atoms with Crippen LogP contribution >= 0.6 is 11.8 Å². The Labute approximate surface area is 143 Å². The summed E-state index contributed by atoms with van der Waals surface area (Å²) in [6.45, 7) is 4.07. The van der Waals surface area contributed by atoms with Crippen LogP contribution in [0.3, 0.4) is 0 Å². The van der Waals surface area contributed by atoms with Crippen molar-refractivity contribution in [1.29, 1.82) is 0 Å². The van der Waals surface area contributed by atoms with Crippen molar-refractivity contribution in [2.24, 2.45) is 0 Å². The normalized spacial score (nSPS) is 19.6. The summed E-state index contributed by atoms with van der Waals surface area (Å²) in [5, 5.41) is 19.4. The number of hydrogen-bond acceptors (Lipinski definition) is 6. The second-order valence-electron chi connectivity index (χ2n) is 6.00. The standard InChI is InChI=1S/C15H18N6O2S/c1-15(2)14(23)17-11(8-24-15)13(22)16-7-9-4-3-5-10(6-9)12-18-20-21-19-12/h3-6,11H,7-8H2,1-2H3,(H,16,22)(H,17,23)(H,18,19,20,21)/t11-/m1/s1. The molecule has 0 saturated carbocycles. The van der Waals surface area contributed by atoms with Gasteiger partial charge < -0.3 is 10.6 Å². The summed E-state index contributed by atoms with van der Waals surface area (Å²) in [5.74, 6) is 0.767. The molecule has 2 heterocycles. The van der Waals surface area contributed by atoms with Crippen molar-refractivity contribution < 1.29 is 9.59 Å². The molecule has 126 valence electrons. The average Bonchev–Trinajstić information content (AvgIpc) is 3.10. The molecule has 2 amide bonds. The van der Waals surface area contributed by atoms with Crippen molar-refractivity contribution in [3.63, 3.8) is 0 Å². The summed E-state index contributed by atoms with van der Waals surface area (Å²) in [7, 11) is 0. The van der Waals surface area contributed by atoms with E-state index >= 15 is 0 Å². The molecule has 0 radical (unpaired) electrons. The quantitative estimate of drug-likeness (QED) is 0.743. The zero-order valence-corrected chi connectivity index (χ0v) is 14.2. The molecule has 0 unspecified atom stereocenters. The first kappa shape index (κ1) is 16.4. The van der Waals surface area contributed by atoms with E-state index in [0.29, 0.717) is 18.1 Å². The third-order valence-corrected chi connectivity index (χ3v) is 5.18. The lowest BCUT2D eigenvalue weighted by Gasteiger charge is -2.32. The molecule has 3 N–H and O–H groups in total. The Balaban J connectivity index is 1.59. The number of nitrogens with zero attached hydrogens (tertiary/aromatic N) is 3. The predicted octanol–water partition coefficient (Wildman–Crippen LogP) is 0.493. The van der Waals surface area contributed by atoms with Crippen LogP contribution in [0.1, 0.15) is 19.4 Å². The predicted molar refractivity (Wildman–Crippen MR) is 89.9 cm³/mol. The molecular formula is C15H18N6O2S. The first-order chi connectivity index (χ1) is 11.5. The molecule has 0 spiro atoms. The monoisotopic (exact) mass is 346 g/mol. The minimum absolute atomic E-state index is 0.113. The highest BCUT2D eigenvalue weighted by molar-refractivity contribution is 8.01. The molecule has 9 heteroatoms. The fourth-order valence-electron chi connectivity index (χ4n) is 2.29. The maximum Gasteiger partial charge on any atom is 0.243 e. The maximum absolute atomic E-state index is 12.3. The number of nitrogens with one attached hydrogen (secondary N) is 3. The van der Waals surface area contributed by atoms with E-state index in [-0.39, 0.29) is 11.8 Å². The second kappa shape index (κ2) is 6.60. The summed E-state index contributed by atoms with van der Waals surface area (Å²) in [6.07, 6.45) is 0. The van der Waals surface area contributed by atoms with Crippen molar-refractivity contribution >= 4 is 23.6 Å². The third-order valence-electron chi connectivity index (χ3n) is 3.78. The Hall–Kier alpha value is -2.42. The van der Waals surface area contributed by atoms with Gasteiger partial charge in [0.25, 0.3) is 0 Å². The molecule has 3 rings (SSSR count). The van der Waals surface area contributed by atoms with E-state index in [9.17, 15) is 9.59 Å². The van der Waals surface area contributed by atoms with Crippen LogP contribution in [0.25, 0.3) is 11.4 Å². The van der Waals surface area contributed by atoms with Gasteiger partial charge in [-0.25, -0.2) is 0 Å². The van der Waals surface area contributed by atoms with Crippen LogP contribution in [0, 0.1) is 0 Å². The molecule has 2 aromatic rings. The largest absolute Gasteiger partial charge is 0.350 e. The van der Waals surface area contributed by atoms with Gasteiger partial charge in [-0.2, -0.15) is 5.21 Å². The van der Waals surface area contributed by atoms with E-state index in [0.717, 1.165) is 11.1 Å². The minimum atomic E-state index is -0.504. The lowest BCUT2D eigenvalue weighted by atomic mass is 10.1. The number of aromatic amines is 1. The maximum atomic E-state index is 12.3. The molecule has 1 atom stereocenters. The topological polar surface area (TPSA) is 113 Å². The van der Waals surface area contributed by atoms with Crippen LogP contribution in [-0.2, 0) is 16.1 Å². The number of carbonyl (C=O) groups is 2. The number of hydrogen-bond donors (Lipinski definition) is 3. The van der Waals surface area contributed by atoms with Crippen molar-refractivity contribution in [3.8, 4) is 11.4 Å². The number of carbonyl (C=O) groups excluding carboxylic acids is 2. The van der Waals surface area contributed by atoms with Gasteiger partial charge in [0.1, 0.15) is 6.04 Å². The third kappa shape index (κ3) is 3.56. The highest BCUT2D eigenvalue weighted by atomic mass is 32.2. The van der Waals surface area contributed by atoms with Gasteiger partial charge in [0, 0.05) is 17.9 Å². The number of aromatic nitrogens is 4. The van der Waals surface area contributed by atoms with Crippen LogP contribution in [-0.4, -0.2) is 49.0 Å². The van der Waals surface area contributed by atoms with Gasteiger partial charge in [-0.3, -0.25) is 9.59 Å². The summed E-state index contributed by atoms with van der Waals surface area (Å²) < 4.78 is -0.490. The van der Waals surface area contributed by atoms with Gasteiger partial charge in [0.2, 0.25) is 17.6 Å². The molecule has 0 bridgehead atoms. The molecule has 1 saturated heterocycles. The molecular weight excluding hydrogens is 328 g/mol. The molecule has 8 nitrogen and oxygen atoms in total. The number of H-pyrrole nitrogens is 1. The van der Waals surface area contributed by atoms with Gasteiger partial charge in [-0.1, -0.05) is 18.2 Å². The van der Waals surface area contributed by atoms with Crippen molar-refractivity contribution in [2.75, 3.05) is 5.75 Å². The Kier molecular flexibility index (Phi) is 4.52. The first-order valence-electron chi connectivity index (χ1n) is 7.51. The fourth-order valence-corrected chi connectivity index (χ4v) is 3.30. The molecule has 1 aliphatic rings. The van der Waals surface area contributed by atoms with Gasteiger partial charge in [-0.05, 0) is 30.7 Å². The second-order valence-corrected chi connectivity index (χ2v) is 7.64. The molecule has 1 fully saturated rings. The number of tetrazole rings is 1. The van der Waals surface area contributed by atoms with Crippen molar-refractivity contribution in [1.82, 2.24) is 31.3 Å². The smallest absolute Gasteiger partial charge is 0.243 e. The van der Waals surface area contributed by atoms with Crippen molar-refractivity contribution in [3.05, 3.63) is 29.8 Å². The number of thioether (sulfide) groups is 1. The summed E-state index contributed by atoms with van der Waals surface area (Å²) in [4.78, 5) is 24.2. The van der Waals surface area contributed by atoms with Gasteiger partial charge >= 0.3 is 0 Å². The van der Waals surface area contributed by atoms with E-state index in [2.05, 4.69) is 31.3 Å². The molecule has 0 aliphatic carbocycles. The molecule has 1 aliphatic heterocycles.